The molecule has 2 aromatic rings. The summed E-state index contributed by atoms with van der Waals surface area (Å²) < 4.78 is 7.43. The van der Waals surface area contributed by atoms with Gasteiger partial charge in [0.05, 0.1) is 0 Å². The largest absolute Gasteiger partial charge is 0.488 e. The van der Waals surface area contributed by atoms with Crippen LogP contribution in [0.1, 0.15) is 12.0 Å². The summed E-state index contributed by atoms with van der Waals surface area (Å²) in [5, 5.41) is 11.0. The molecule has 2 heterocycles. The zero-order valence-electron chi connectivity index (χ0n) is 13.6. The average molecular weight is 349 g/mol. The van der Waals surface area contributed by atoms with Gasteiger partial charge < -0.3 is 14.4 Å². The van der Waals surface area contributed by atoms with E-state index in [1.807, 2.05) is 12.1 Å². The molecule has 0 spiro atoms. The number of nitrogens with zero attached hydrogens (tertiary/aromatic N) is 2. The van der Waals surface area contributed by atoms with Gasteiger partial charge in [0, 0.05) is 43.5 Å². The van der Waals surface area contributed by atoms with Crippen LogP contribution in [-0.2, 0) is 13.6 Å². The van der Waals surface area contributed by atoms with Crippen LogP contribution >= 0.6 is 11.6 Å². The fraction of sp³-hybridized carbons (Fsp3) is 0.389. The van der Waals surface area contributed by atoms with E-state index in [9.17, 15) is 9.90 Å². The quantitative estimate of drug-likeness (QED) is 0.919. The highest BCUT2D eigenvalue weighted by molar-refractivity contribution is 6.30. The Kier molecular flexibility index (Phi) is 5.23. The normalized spacial score (nSPS) is 21.6. The molecule has 1 saturated heterocycles. The van der Waals surface area contributed by atoms with Crippen LogP contribution in [0.25, 0.3) is 0 Å². The van der Waals surface area contributed by atoms with Crippen molar-refractivity contribution in [2.45, 2.75) is 25.2 Å². The summed E-state index contributed by atoms with van der Waals surface area (Å²) in [6.45, 7) is 1.79. The van der Waals surface area contributed by atoms with Crippen molar-refractivity contribution < 1.29 is 9.84 Å². The summed E-state index contributed by atoms with van der Waals surface area (Å²) in [4.78, 5) is 14.2. The lowest BCUT2D eigenvalue weighted by atomic mass is 10.0. The van der Waals surface area contributed by atoms with Crippen LogP contribution < -0.4 is 10.3 Å². The molecule has 1 N–H and O–H groups in total. The zero-order valence-corrected chi connectivity index (χ0v) is 14.3. The van der Waals surface area contributed by atoms with E-state index in [1.165, 1.54) is 0 Å². The lowest BCUT2D eigenvalue weighted by Crippen LogP contribution is -2.49. The number of hydrogen-bond acceptors (Lipinski definition) is 4. The van der Waals surface area contributed by atoms with Gasteiger partial charge in [0.1, 0.15) is 18.0 Å². The number of halogens is 1. The number of aromatic nitrogens is 1. The number of piperidine rings is 1. The first-order chi connectivity index (χ1) is 11.5. The third-order valence-corrected chi connectivity index (χ3v) is 4.55. The van der Waals surface area contributed by atoms with Crippen LogP contribution in [-0.4, -0.2) is 39.9 Å². The molecule has 1 aliphatic rings. The van der Waals surface area contributed by atoms with Crippen LogP contribution in [0, 0.1) is 0 Å². The van der Waals surface area contributed by atoms with E-state index < -0.39 is 6.10 Å². The van der Waals surface area contributed by atoms with Crippen molar-refractivity contribution in [3.63, 3.8) is 0 Å². The van der Waals surface area contributed by atoms with Gasteiger partial charge in [-0.3, -0.25) is 9.69 Å². The Hall–Kier alpha value is -1.82. The molecule has 0 aliphatic carbocycles. The van der Waals surface area contributed by atoms with Crippen molar-refractivity contribution >= 4 is 11.6 Å². The number of rotatable bonds is 4. The Morgan fingerprint density at radius 1 is 1.29 bits per heavy atom. The van der Waals surface area contributed by atoms with Gasteiger partial charge >= 0.3 is 0 Å². The van der Waals surface area contributed by atoms with Gasteiger partial charge in [-0.05, 0) is 36.8 Å². The monoisotopic (exact) mass is 348 g/mol. The Labute approximate surface area is 146 Å². The minimum absolute atomic E-state index is 0.00604. The topological polar surface area (TPSA) is 54.7 Å². The molecule has 0 saturated carbocycles. The third kappa shape index (κ3) is 3.98. The second-order valence-electron chi connectivity index (χ2n) is 6.15. The molecule has 0 bridgehead atoms. The molecule has 0 unspecified atom stereocenters. The van der Waals surface area contributed by atoms with E-state index >= 15 is 0 Å². The van der Waals surface area contributed by atoms with Crippen molar-refractivity contribution in [2.75, 3.05) is 13.1 Å². The molecule has 1 aromatic carbocycles. The third-order valence-electron chi connectivity index (χ3n) is 4.30. The Morgan fingerprint density at radius 3 is 2.75 bits per heavy atom. The molecular formula is C18H21ClN2O3. The number of aliphatic hydroxyl groups is 1. The van der Waals surface area contributed by atoms with Crippen molar-refractivity contribution in [1.82, 2.24) is 9.47 Å². The molecule has 2 atom stereocenters. The van der Waals surface area contributed by atoms with Gasteiger partial charge in [-0.25, -0.2) is 0 Å². The average Bonchev–Trinajstić information content (AvgIpc) is 2.56. The van der Waals surface area contributed by atoms with Crippen molar-refractivity contribution in [1.29, 1.82) is 0 Å². The minimum atomic E-state index is -0.595. The maximum atomic E-state index is 12.1. The molecule has 1 aliphatic heterocycles. The van der Waals surface area contributed by atoms with Crippen LogP contribution in [0.15, 0.2) is 47.4 Å². The molecule has 5 nitrogen and oxygen atoms in total. The van der Waals surface area contributed by atoms with Crippen molar-refractivity contribution in [3.8, 4) is 5.75 Å². The molecule has 0 radical (unpaired) electrons. The first-order valence-corrected chi connectivity index (χ1v) is 8.38. The highest BCUT2D eigenvalue weighted by atomic mass is 35.5. The Morgan fingerprint density at radius 2 is 2.04 bits per heavy atom. The second kappa shape index (κ2) is 7.38. The van der Waals surface area contributed by atoms with Gasteiger partial charge in [0.25, 0.3) is 5.56 Å². The van der Waals surface area contributed by atoms with Gasteiger partial charge in [-0.15, -0.1) is 0 Å². The number of benzene rings is 1. The lowest BCUT2D eigenvalue weighted by Gasteiger charge is -2.35. The summed E-state index contributed by atoms with van der Waals surface area (Å²) >= 11 is 5.86. The fourth-order valence-corrected chi connectivity index (χ4v) is 3.09. The van der Waals surface area contributed by atoms with E-state index in [0.717, 1.165) is 12.1 Å². The number of pyridine rings is 1. The number of aliphatic hydroxyl groups excluding tert-OH is 1. The fourth-order valence-electron chi connectivity index (χ4n) is 2.96. The van der Waals surface area contributed by atoms with Crippen LogP contribution in [0.3, 0.4) is 0 Å². The smallest absolute Gasteiger partial charge is 0.254 e. The van der Waals surface area contributed by atoms with E-state index in [-0.39, 0.29) is 11.7 Å². The number of β-amino-alcohol motifs (C(OH)–C–C–N with tert-alkyl or cyclic N) is 1. The molecular weight excluding hydrogens is 328 g/mol. The predicted molar refractivity (Wildman–Crippen MR) is 93.5 cm³/mol. The highest BCUT2D eigenvalue weighted by Crippen LogP contribution is 2.22. The molecule has 1 fully saturated rings. The summed E-state index contributed by atoms with van der Waals surface area (Å²) in [5.74, 6) is 0.703. The molecule has 24 heavy (non-hydrogen) atoms. The van der Waals surface area contributed by atoms with Crippen molar-refractivity contribution in [3.05, 3.63) is 63.5 Å². The van der Waals surface area contributed by atoms with E-state index in [4.69, 9.17) is 16.3 Å². The van der Waals surface area contributed by atoms with Crippen molar-refractivity contribution in [2.24, 2.45) is 7.05 Å². The predicted octanol–water partition coefficient (Wildman–Crippen LogP) is 2.05. The SMILES string of the molecule is Cn1cccc(CN2CC[C@@H](Oc3ccc(Cl)cc3)[C@H](O)C2)c1=O. The number of hydrogen-bond donors (Lipinski definition) is 1. The number of aryl methyl sites for hydroxylation is 1. The summed E-state index contributed by atoms with van der Waals surface area (Å²) in [5.41, 5.74) is 0.746. The summed E-state index contributed by atoms with van der Waals surface area (Å²) in [6, 6.07) is 10.8. The van der Waals surface area contributed by atoms with Crippen LogP contribution in [0.4, 0.5) is 0 Å². The Balaban J connectivity index is 1.59. The standard InChI is InChI=1S/C18H21ClN2O3/c1-20-9-2-3-13(18(20)23)11-21-10-8-17(16(22)12-21)24-15-6-4-14(19)5-7-15/h2-7,9,16-17,22H,8,10-12H2,1H3/t16-,17-/m1/s1. The first kappa shape index (κ1) is 17.0. The van der Waals surface area contributed by atoms with Crippen LogP contribution in [0.5, 0.6) is 5.75 Å². The molecule has 3 rings (SSSR count). The molecule has 128 valence electrons. The highest BCUT2D eigenvalue weighted by Gasteiger charge is 2.29. The number of ether oxygens (including phenoxy) is 1. The number of likely N-dealkylation sites (tertiary alicyclic amines) is 1. The molecule has 0 amide bonds. The van der Waals surface area contributed by atoms with Crippen LogP contribution in [0.2, 0.25) is 5.02 Å². The zero-order chi connectivity index (χ0) is 17.1. The molecule has 6 heteroatoms. The maximum absolute atomic E-state index is 12.1. The van der Waals surface area contributed by atoms with Gasteiger partial charge in [0.15, 0.2) is 0 Å². The first-order valence-electron chi connectivity index (χ1n) is 8.00. The lowest BCUT2D eigenvalue weighted by molar-refractivity contribution is -0.0276. The van der Waals surface area contributed by atoms with Gasteiger partial charge in [-0.2, -0.15) is 0 Å². The summed E-state index contributed by atoms with van der Waals surface area (Å²) in [7, 11) is 1.74. The maximum Gasteiger partial charge on any atom is 0.254 e. The minimum Gasteiger partial charge on any atom is -0.488 e. The van der Waals surface area contributed by atoms with E-state index in [1.54, 1.807) is 42.1 Å². The van der Waals surface area contributed by atoms with E-state index in [2.05, 4.69) is 4.90 Å². The molecule has 1 aromatic heterocycles. The summed E-state index contributed by atoms with van der Waals surface area (Å²) in [6.07, 6.45) is 1.60. The van der Waals surface area contributed by atoms with E-state index in [0.29, 0.717) is 30.3 Å². The van der Waals surface area contributed by atoms with Gasteiger partial charge in [-0.1, -0.05) is 17.7 Å². The second-order valence-corrected chi connectivity index (χ2v) is 6.59. The Bertz CT molecular complexity index is 745. The van der Waals surface area contributed by atoms with Gasteiger partial charge in [0.2, 0.25) is 0 Å².